The lowest BCUT2D eigenvalue weighted by Gasteiger charge is -2.18. The van der Waals surface area contributed by atoms with Crippen LogP contribution in [0.15, 0.2) is 48.5 Å². The number of hydrogen-bond donors (Lipinski definition) is 1. The van der Waals surface area contributed by atoms with Gasteiger partial charge in [-0.15, -0.1) is 0 Å². The van der Waals surface area contributed by atoms with Crippen LogP contribution in [0.5, 0.6) is 0 Å². The zero-order chi connectivity index (χ0) is 24.5. The van der Waals surface area contributed by atoms with Crippen molar-refractivity contribution >= 4 is 27.9 Å². The van der Waals surface area contributed by atoms with Crippen LogP contribution >= 0.6 is 0 Å². The first-order chi connectivity index (χ1) is 16.2. The number of carbonyl (C=O) groups is 3. The first kappa shape index (κ1) is 24.0. The van der Waals surface area contributed by atoms with Crippen molar-refractivity contribution in [1.29, 1.82) is 0 Å². The molecule has 2 heterocycles. The lowest BCUT2D eigenvalue weighted by atomic mass is 10.1. The Labute approximate surface area is 196 Å². The molecule has 0 aliphatic carbocycles. The molecule has 0 radical (unpaired) electrons. The first-order valence-corrected chi connectivity index (χ1v) is 12.4. The second kappa shape index (κ2) is 9.63. The van der Waals surface area contributed by atoms with Crippen LogP contribution in [0.1, 0.15) is 49.3 Å². The van der Waals surface area contributed by atoms with Gasteiger partial charge in [0.25, 0.3) is 21.9 Å². The topological polar surface area (TPSA) is 128 Å². The van der Waals surface area contributed by atoms with Crippen molar-refractivity contribution in [2.75, 3.05) is 26.5 Å². The molecular formula is C23H24N2O8S. The summed E-state index contributed by atoms with van der Waals surface area (Å²) in [5.74, 6) is -1.71. The van der Waals surface area contributed by atoms with Crippen LogP contribution in [0.2, 0.25) is 0 Å². The van der Waals surface area contributed by atoms with Crippen molar-refractivity contribution < 1.29 is 36.5 Å². The van der Waals surface area contributed by atoms with Gasteiger partial charge in [-0.1, -0.05) is 30.3 Å². The SMILES string of the molecule is COC(OC(=O)c1ccc2c(c1)C(=O)N(CC1CC(OS(C)(=O)=O)CN1)C2=O)c1ccccc1. The van der Waals surface area contributed by atoms with E-state index in [1.165, 1.54) is 25.3 Å². The number of benzene rings is 2. The van der Waals surface area contributed by atoms with Crippen LogP contribution in [-0.2, 0) is 23.8 Å². The van der Waals surface area contributed by atoms with Gasteiger partial charge in [0, 0.05) is 31.8 Å². The molecule has 2 amide bonds. The maximum atomic E-state index is 13.0. The molecule has 3 atom stereocenters. The average molecular weight is 489 g/mol. The van der Waals surface area contributed by atoms with Crippen LogP contribution in [0.3, 0.4) is 0 Å². The maximum absolute atomic E-state index is 13.0. The van der Waals surface area contributed by atoms with Gasteiger partial charge < -0.3 is 14.8 Å². The van der Waals surface area contributed by atoms with Crippen molar-refractivity contribution in [2.24, 2.45) is 0 Å². The predicted molar refractivity (Wildman–Crippen MR) is 120 cm³/mol. The molecule has 0 spiro atoms. The summed E-state index contributed by atoms with van der Waals surface area (Å²) in [6, 6.07) is 12.8. The second-order valence-corrected chi connectivity index (χ2v) is 9.73. The van der Waals surface area contributed by atoms with E-state index >= 15 is 0 Å². The molecule has 10 nitrogen and oxygen atoms in total. The summed E-state index contributed by atoms with van der Waals surface area (Å²) < 4.78 is 38.3. The third-order valence-corrected chi connectivity index (χ3v) is 6.22. The number of carbonyl (C=O) groups excluding carboxylic acids is 3. The number of fused-ring (bicyclic) bond motifs is 1. The summed E-state index contributed by atoms with van der Waals surface area (Å²) in [4.78, 5) is 39.5. The predicted octanol–water partition coefficient (Wildman–Crippen LogP) is 1.49. The molecule has 2 aromatic carbocycles. The molecule has 11 heteroatoms. The molecule has 3 unspecified atom stereocenters. The van der Waals surface area contributed by atoms with E-state index in [9.17, 15) is 22.8 Å². The Morgan fingerprint density at radius 2 is 1.82 bits per heavy atom. The molecule has 1 fully saturated rings. The van der Waals surface area contributed by atoms with Crippen molar-refractivity contribution in [3.63, 3.8) is 0 Å². The fourth-order valence-corrected chi connectivity index (χ4v) is 4.71. The average Bonchev–Trinajstić information content (AvgIpc) is 3.34. The summed E-state index contributed by atoms with van der Waals surface area (Å²) in [6.45, 7) is 0.342. The van der Waals surface area contributed by atoms with E-state index in [1.54, 1.807) is 24.3 Å². The Hall–Kier alpha value is -3.12. The number of methoxy groups -OCH3 is 1. The highest BCUT2D eigenvalue weighted by Crippen LogP contribution is 2.27. The molecule has 2 aliphatic heterocycles. The Kier molecular flexibility index (Phi) is 6.80. The Bertz CT molecular complexity index is 1210. The summed E-state index contributed by atoms with van der Waals surface area (Å²) in [5, 5.41) is 3.07. The van der Waals surface area contributed by atoms with Gasteiger partial charge in [-0.2, -0.15) is 8.42 Å². The highest BCUT2D eigenvalue weighted by molar-refractivity contribution is 7.86. The van der Waals surface area contributed by atoms with E-state index in [-0.39, 0.29) is 29.3 Å². The maximum Gasteiger partial charge on any atom is 0.340 e. The van der Waals surface area contributed by atoms with Gasteiger partial charge >= 0.3 is 5.97 Å². The zero-order valence-electron chi connectivity index (χ0n) is 18.6. The number of rotatable bonds is 8. The molecule has 2 aliphatic rings. The quantitative estimate of drug-likeness (QED) is 0.254. The highest BCUT2D eigenvalue weighted by Gasteiger charge is 2.39. The van der Waals surface area contributed by atoms with E-state index < -0.39 is 40.3 Å². The second-order valence-electron chi connectivity index (χ2n) is 8.13. The van der Waals surface area contributed by atoms with E-state index in [0.29, 0.717) is 18.5 Å². The van der Waals surface area contributed by atoms with Gasteiger partial charge in [-0.25, -0.2) is 4.79 Å². The van der Waals surface area contributed by atoms with Gasteiger partial charge in [-0.3, -0.25) is 18.7 Å². The molecule has 2 aromatic rings. The molecule has 0 bridgehead atoms. The molecule has 4 rings (SSSR count). The molecule has 1 N–H and O–H groups in total. The third-order valence-electron chi connectivity index (χ3n) is 5.60. The smallest absolute Gasteiger partial charge is 0.340 e. The number of esters is 1. The number of nitrogens with one attached hydrogen (secondary N) is 1. The van der Waals surface area contributed by atoms with E-state index in [2.05, 4.69) is 5.32 Å². The normalized spacial score (nSPS) is 20.9. The minimum atomic E-state index is -3.61. The van der Waals surface area contributed by atoms with Crippen LogP contribution in [0.25, 0.3) is 0 Å². The molecular weight excluding hydrogens is 464 g/mol. The van der Waals surface area contributed by atoms with Crippen molar-refractivity contribution in [1.82, 2.24) is 10.2 Å². The van der Waals surface area contributed by atoms with E-state index in [0.717, 1.165) is 11.2 Å². The number of imide groups is 1. The third kappa shape index (κ3) is 5.17. The lowest BCUT2D eigenvalue weighted by molar-refractivity contribution is -0.0927. The Morgan fingerprint density at radius 1 is 1.12 bits per heavy atom. The number of hydrogen-bond acceptors (Lipinski definition) is 9. The van der Waals surface area contributed by atoms with E-state index in [1.807, 2.05) is 6.07 Å². The zero-order valence-corrected chi connectivity index (χ0v) is 19.4. The molecule has 34 heavy (non-hydrogen) atoms. The fourth-order valence-electron chi connectivity index (χ4n) is 4.07. The van der Waals surface area contributed by atoms with Crippen molar-refractivity contribution in [3.05, 3.63) is 70.8 Å². The Balaban J connectivity index is 1.44. The standard InChI is InChI=1S/C23H24N2O8S/c1-31-23(14-6-4-3-5-7-14)32-22(28)15-8-9-18-19(10-15)21(27)25(20(18)26)13-16-11-17(12-24-16)33-34(2,29)30/h3-10,16-17,23-24H,11-13H2,1-2H3. The van der Waals surface area contributed by atoms with Gasteiger partial charge in [0.15, 0.2) is 0 Å². The molecule has 1 saturated heterocycles. The van der Waals surface area contributed by atoms with Crippen molar-refractivity contribution in [3.8, 4) is 0 Å². The van der Waals surface area contributed by atoms with Gasteiger partial charge in [0.1, 0.15) is 0 Å². The lowest BCUT2D eigenvalue weighted by Crippen LogP contribution is -2.40. The number of nitrogens with zero attached hydrogens (tertiary/aromatic N) is 1. The van der Waals surface area contributed by atoms with Crippen molar-refractivity contribution in [2.45, 2.75) is 24.9 Å². The van der Waals surface area contributed by atoms with Gasteiger partial charge in [0.05, 0.1) is 29.1 Å². The van der Waals surface area contributed by atoms with Crippen LogP contribution in [0.4, 0.5) is 0 Å². The monoisotopic (exact) mass is 488 g/mol. The number of amides is 2. The van der Waals surface area contributed by atoms with Gasteiger partial charge in [-0.05, 0) is 24.6 Å². The molecule has 180 valence electrons. The largest absolute Gasteiger partial charge is 0.428 e. The van der Waals surface area contributed by atoms with E-state index in [4.69, 9.17) is 13.7 Å². The van der Waals surface area contributed by atoms with Crippen LogP contribution in [0, 0.1) is 0 Å². The minimum Gasteiger partial charge on any atom is -0.428 e. The molecule has 0 aromatic heterocycles. The first-order valence-electron chi connectivity index (χ1n) is 10.6. The summed E-state index contributed by atoms with van der Waals surface area (Å²) in [5.41, 5.74) is 1.06. The summed E-state index contributed by atoms with van der Waals surface area (Å²) in [7, 11) is -2.19. The Morgan fingerprint density at radius 3 is 2.50 bits per heavy atom. The van der Waals surface area contributed by atoms with Crippen LogP contribution < -0.4 is 5.32 Å². The fraction of sp³-hybridized carbons (Fsp3) is 0.348. The number of ether oxygens (including phenoxy) is 2. The van der Waals surface area contributed by atoms with Crippen LogP contribution in [-0.4, -0.2) is 69.7 Å². The molecule has 0 saturated carbocycles. The summed E-state index contributed by atoms with van der Waals surface area (Å²) >= 11 is 0. The summed E-state index contributed by atoms with van der Waals surface area (Å²) in [6.07, 6.45) is -0.182. The van der Waals surface area contributed by atoms with Gasteiger partial charge in [0.2, 0.25) is 6.29 Å². The minimum absolute atomic E-state index is 0.0511. The highest BCUT2D eigenvalue weighted by atomic mass is 32.2.